The second-order valence-electron chi connectivity index (χ2n) is 5.85. The molecular formula is C17H17Cl2N3O3S. The molecule has 1 aromatic carbocycles. The van der Waals surface area contributed by atoms with Crippen LogP contribution in [0.2, 0.25) is 10.0 Å². The van der Waals surface area contributed by atoms with E-state index in [-0.39, 0.29) is 5.91 Å². The Kier molecular flexibility index (Phi) is 6.01. The highest BCUT2D eigenvalue weighted by Crippen LogP contribution is 2.27. The van der Waals surface area contributed by atoms with Crippen LogP contribution in [0, 0.1) is 0 Å². The van der Waals surface area contributed by atoms with Gasteiger partial charge in [-0.1, -0.05) is 23.2 Å². The molecule has 0 aliphatic carbocycles. The number of likely N-dealkylation sites (tertiary alicyclic amines) is 1. The third kappa shape index (κ3) is 4.28. The molecule has 0 unspecified atom stereocenters. The second-order valence-corrected chi connectivity index (χ2v) is 7.81. The van der Waals surface area contributed by atoms with Gasteiger partial charge in [-0.2, -0.15) is 0 Å². The number of methoxy groups -OCH3 is 1. The molecule has 2 heterocycles. The van der Waals surface area contributed by atoms with Crippen LogP contribution >= 0.6 is 34.5 Å². The standard InChI is InChI=1S/C17H17Cl2N3O3S/c1-25-17(24)22-6-2-3-14(22)15(23)21-16-20-9-12(26-16)8-10-7-11(18)4-5-13(10)19/h4-5,7,9,14H,2-3,6,8H2,1H3,(H,20,21,23)/t14-/m0/s1. The van der Waals surface area contributed by atoms with Gasteiger partial charge in [0.1, 0.15) is 6.04 Å². The number of amides is 2. The number of halogens is 2. The lowest BCUT2D eigenvalue weighted by Gasteiger charge is -2.21. The maximum absolute atomic E-state index is 12.5. The van der Waals surface area contributed by atoms with E-state index in [4.69, 9.17) is 27.9 Å². The largest absolute Gasteiger partial charge is 0.453 e. The Morgan fingerprint density at radius 3 is 3.00 bits per heavy atom. The van der Waals surface area contributed by atoms with E-state index < -0.39 is 12.1 Å². The van der Waals surface area contributed by atoms with Crippen LogP contribution in [0.25, 0.3) is 0 Å². The first-order chi connectivity index (χ1) is 12.5. The highest BCUT2D eigenvalue weighted by atomic mass is 35.5. The molecule has 26 heavy (non-hydrogen) atoms. The molecule has 0 bridgehead atoms. The smallest absolute Gasteiger partial charge is 0.410 e. The molecule has 9 heteroatoms. The molecule has 1 aliphatic rings. The third-order valence-electron chi connectivity index (χ3n) is 4.12. The number of nitrogens with zero attached hydrogens (tertiary/aromatic N) is 2. The Hall–Kier alpha value is -1.83. The van der Waals surface area contributed by atoms with Crippen molar-refractivity contribution in [1.82, 2.24) is 9.88 Å². The molecule has 1 fully saturated rings. The minimum absolute atomic E-state index is 0.255. The molecule has 2 aromatic rings. The zero-order valence-corrected chi connectivity index (χ0v) is 16.3. The van der Waals surface area contributed by atoms with E-state index >= 15 is 0 Å². The quantitative estimate of drug-likeness (QED) is 0.814. The Bertz CT molecular complexity index is 827. The molecule has 1 aliphatic heterocycles. The first-order valence-corrected chi connectivity index (χ1v) is 9.59. The average Bonchev–Trinajstić information content (AvgIpc) is 3.27. The molecule has 0 saturated carbocycles. The highest BCUT2D eigenvalue weighted by Gasteiger charge is 2.35. The van der Waals surface area contributed by atoms with E-state index in [0.29, 0.717) is 34.6 Å². The summed E-state index contributed by atoms with van der Waals surface area (Å²) in [6.07, 6.45) is 3.16. The lowest BCUT2D eigenvalue weighted by Crippen LogP contribution is -2.43. The number of anilines is 1. The van der Waals surface area contributed by atoms with Crippen LogP contribution < -0.4 is 5.32 Å². The second kappa shape index (κ2) is 8.24. The maximum atomic E-state index is 12.5. The average molecular weight is 414 g/mol. The predicted molar refractivity (Wildman–Crippen MR) is 102 cm³/mol. The number of hydrogen-bond donors (Lipinski definition) is 1. The summed E-state index contributed by atoms with van der Waals surface area (Å²) in [6.45, 7) is 0.515. The van der Waals surface area contributed by atoms with Gasteiger partial charge in [0.15, 0.2) is 5.13 Å². The molecule has 1 saturated heterocycles. The van der Waals surface area contributed by atoms with Crippen molar-refractivity contribution >= 4 is 51.7 Å². The summed E-state index contributed by atoms with van der Waals surface area (Å²) in [5, 5.41) is 4.52. The van der Waals surface area contributed by atoms with Crippen molar-refractivity contribution in [3.05, 3.63) is 44.9 Å². The number of carbonyl (C=O) groups is 2. The number of hydrogen-bond acceptors (Lipinski definition) is 5. The summed E-state index contributed by atoms with van der Waals surface area (Å²) in [5.41, 5.74) is 0.897. The van der Waals surface area contributed by atoms with Crippen molar-refractivity contribution in [2.24, 2.45) is 0 Å². The summed E-state index contributed by atoms with van der Waals surface area (Å²) in [5.74, 6) is -0.255. The fraction of sp³-hybridized carbons (Fsp3) is 0.353. The summed E-state index contributed by atoms with van der Waals surface area (Å²) < 4.78 is 4.73. The van der Waals surface area contributed by atoms with Gasteiger partial charge in [0.2, 0.25) is 5.91 Å². The molecule has 2 amide bonds. The number of ether oxygens (including phenoxy) is 1. The molecule has 0 spiro atoms. The number of aromatic nitrogens is 1. The Labute approximate surface area is 165 Å². The van der Waals surface area contributed by atoms with Crippen LogP contribution in [0.3, 0.4) is 0 Å². The number of rotatable bonds is 4. The molecule has 1 aromatic heterocycles. The molecule has 6 nitrogen and oxygen atoms in total. The van der Waals surface area contributed by atoms with E-state index in [0.717, 1.165) is 16.9 Å². The SMILES string of the molecule is COC(=O)N1CCC[C@H]1C(=O)Nc1ncc(Cc2cc(Cl)ccc2Cl)s1. The zero-order chi connectivity index (χ0) is 18.7. The van der Waals surface area contributed by atoms with Crippen LogP contribution in [0.5, 0.6) is 0 Å². The van der Waals surface area contributed by atoms with Crippen molar-refractivity contribution in [3.63, 3.8) is 0 Å². The number of nitrogens with one attached hydrogen (secondary N) is 1. The molecule has 1 N–H and O–H groups in total. The van der Waals surface area contributed by atoms with Crippen LogP contribution in [0.4, 0.5) is 9.93 Å². The van der Waals surface area contributed by atoms with Gasteiger partial charge in [0, 0.05) is 34.1 Å². The zero-order valence-electron chi connectivity index (χ0n) is 14.0. The first kappa shape index (κ1) is 18.9. The number of carbonyl (C=O) groups excluding carboxylic acids is 2. The minimum Gasteiger partial charge on any atom is -0.453 e. The van der Waals surface area contributed by atoms with Gasteiger partial charge >= 0.3 is 6.09 Å². The van der Waals surface area contributed by atoms with Gasteiger partial charge in [-0.25, -0.2) is 9.78 Å². The fourth-order valence-corrected chi connectivity index (χ4v) is 4.09. The van der Waals surface area contributed by atoms with Crippen molar-refractivity contribution in [2.75, 3.05) is 19.0 Å². The lowest BCUT2D eigenvalue weighted by atomic mass is 10.1. The van der Waals surface area contributed by atoms with Crippen LogP contribution in [-0.2, 0) is 16.0 Å². The van der Waals surface area contributed by atoms with Crippen LogP contribution in [0.1, 0.15) is 23.3 Å². The van der Waals surface area contributed by atoms with Gasteiger partial charge in [-0.3, -0.25) is 9.69 Å². The van der Waals surface area contributed by atoms with E-state index in [9.17, 15) is 9.59 Å². The lowest BCUT2D eigenvalue weighted by molar-refractivity contribution is -0.119. The minimum atomic E-state index is -0.530. The maximum Gasteiger partial charge on any atom is 0.410 e. The molecule has 1 atom stereocenters. The van der Waals surface area contributed by atoms with Gasteiger partial charge < -0.3 is 10.1 Å². The molecule has 3 rings (SSSR count). The third-order valence-corrected chi connectivity index (χ3v) is 5.64. The topological polar surface area (TPSA) is 71.5 Å². The predicted octanol–water partition coefficient (Wildman–Crippen LogP) is 4.21. The Morgan fingerprint density at radius 2 is 2.23 bits per heavy atom. The Morgan fingerprint density at radius 1 is 1.42 bits per heavy atom. The van der Waals surface area contributed by atoms with Crippen molar-refractivity contribution < 1.29 is 14.3 Å². The van der Waals surface area contributed by atoms with Gasteiger partial charge in [-0.05, 0) is 36.6 Å². The van der Waals surface area contributed by atoms with E-state index in [2.05, 4.69) is 10.3 Å². The normalized spacial score (nSPS) is 16.6. The summed E-state index contributed by atoms with van der Waals surface area (Å²) in [6, 6.07) is 4.77. The summed E-state index contributed by atoms with van der Waals surface area (Å²) >= 11 is 13.6. The Balaban J connectivity index is 1.65. The number of benzene rings is 1. The number of thiazole rings is 1. The highest BCUT2D eigenvalue weighted by molar-refractivity contribution is 7.15. The van der Waals surface area contributed by atoms with Gasteiger partial charge in [0.05, 0.1) is 7.11 Å². The van der Waals surface area contributed by atoms with E-state index in [1.807, 2.05) is 6.07 Å². The molecule has 0 radical (unpaired) electrons. The molecular weight excluding hydrogens is 397 g/mol. The monoisotopic (exact) mass is 413 g/mol. The van der Waals surface area contributed by atoms with Crippen LogP contribution in [0.15, 0.2) is 24.4 Å². The van der Waals surface area contributed by atoms with Gasteiger partial charge in [-0.15, -0.1) is 11.3 Å². The molecule has 138 valence electrons. The fourth-order valence-electron chi connectivity index (χ4n) is 2.88. The van der Waals surface area contributed by atoms with Crippen molar-refractivity contribution in [2.45, 2.75) is 25.3 Å². The first-order valence-electron chi connectivity index (χ1n) is 8.02. The van der Waals surface area contributed by atoms with E-state index in [1.54, 1.807) is 18.3 Å². The summed E-state index contributed by atoms with van der Waals surface area (Å²) in [7, 11) is 1.31. The van der Waals surface area contributed by atoms with Crippen molar-refractivity contribution in [1.29, 1.82) is 0 Å². The van der Waals surface area contributed by atoms with Gasteiger partial charge in [0.25, 0.3) is 0 Å². The summed E-state index contributed by atoms with van der Waals surface area (Å²) in [4.78, 5) is 30.8. The van der Waals surface area contributed by atoms with E-state index in [1.165, 1.54) is 23.3 Å². The van der Waals surface area contributed by atoms with Crippen molar-refractivity contribution in [3.8, 4) is 0 Å². The van der Waals surface area contributed by atoms with Crippen LogP contribution in [-0.4, -0.2) is 41.6 Å².